The summed E-state index contributed by atoms with van der Waals surface area (Å²) in [7, 11) is 0. The lowest BCUT2D eigenvalue weighted by molar-refractivity contribution is -0.392. The molecule has 8 heteroatoms. The van der Waals surface area contributed by atoms with E-state index in [2.05, 4.69) is 5.32 Å². The van der Waals surface area contributed by atoms with Crippen molar-refractivity contribution in [2.24, 2.45) is 0 Å². The van der Waals surface area contributed by atoms with Crippen LogP contribution in [0.5, 0.6) is 0 Å². The second-order valence-corrected chi connectivity index (χ2v) is 11.0. The van der Waals surface area contributed by atoms with E-state index >= 15 is 0 Å². The van der Waals surface area contributed by atoms with Crippen molar-refractivity contribution in [3.05, 3.63) is 173 Å². The summed E-state index contributed by atoms with van der Waals surface area (Å²) in [4.78, 5) is 0. The van der Waals surface area contributed by atoms with Gasteiger partial charge in [-0.25, -0.2) is 0 Å². The Hall–Kier alpha value is -4.56. The zero-order chi connectivity index (χ0) is 32.8. The van der Waals surface area contributed by atoms with Crippen molar-refractivity contribution < 1.29 is 31.1 Å². The molecule has 0 aliphatic carbocycles. The highest BCUT2D eigenvalue weighted by Crippen LogP contribution is 2.54. The molecule has 0 saturated heterocycles. The fraction of sp³-hybridized carbons (Fsp3) is 0.211. The number of ether oxygens (including phenoxy) is 1. The third kappa shape index (κ3) is 6.27. The zero-order valence-corrected chi connectivity index (χ0v) is 25.1. The molecule has 0 aliphatic heterocycles. The Morgan fingerprint density at radius 1 is 0.543 bits per heavy atom. The summed E-state index contributed by atoms with van der Waals surface area (Å²) < 4.78 is 93.5. The summed E-state index contributed by atoms with van der Waals surface area (Å²) in [6.07, 6.45) is -10.9. The highest BCUT2D eigenvalue weighted by atomic mass is 19.4. The quantitative estimate of drug-likeness (QED) is 0.115. The number of rotatable bonds is 11. The number of nitrogens with one attached hydrogen (secondary N) is 1. The minimum Gasteiger partial charge on any atom is -0.368 e. The second-order valence-electron chi connectivity index (χ2n) is 11.0. The van der Waals surface area contributed by atoms with E-state index in [1.54, 1.807) is 6.07 Å². The van der Waals surface area contributed by atoms with E-state index in [0.29, 0.717) is 17.7 Å². The number of alkyl halides is 6. The van der Waals surface area contributed by atoms with Gasteiger partial charge in [0, 0.05) is 11.3 Å². The number of benzene rings is 5. The number of halogens is 6. The topological polar surface area (TPSA) is 21.3 Å². The van der Waals surface area contributed by atoms with Gasteiger partial charge in [-0.05, 0) is 40.3 Å². The lowest BCUT2D eigenvalue weighted by Crippen LogP contribution is -2.55. The van der Waals surface area contributed by atoms with Crippen LogP contribution in [0.4, 0.5) is 32.0 Å². The molecule has 0 radical (unpaired) electrons. The zero-order valence-electron chi connectivity index (χ0n) is 25.1. The van der Waals surface area contributed by atoms with Gasteiger partial charge in [0.25, 0.3) is 5.60 Å². The van der Waals surface area contributed by atoms with Crippen LogP contribution in [0.3, 0.4) is 0 Å². The number of hydrogen-bond donors (Lipinski definition) is 1. The van der Waals surface area contributed by atoms with Crippen LogP contribution < -0.4 is 5.32 Å². The fourth-order valence-corrected chi connectivity index (χ4v) is 5.89. The van der Waals surface area contributed by atoms with Crippen molar-refractivity contribution in [1.82, 2.24) is 0 Å². The van der Waals surface area contributed by atoms with Gasteiger partial charge >= 0.3 is 12.4 Å². The molecule has 0 fully saturated rings. The van der Waals surface area contributed by atoms with E-state index in [4.69, 9.17) is 4.74 Å². The van der Waals surface area contributed by atoms with Crippen molar-refractivity contribution in [3.63, 3.8) is 0 Å². The monoisotopic (exact) mass is 633 g/mol. The fourth-order valence-electron chi connectivity index (χ4n) is 5.89. The molecule has 5 aromatic carbocycles. The summed E-state index contributed by atoms with van der Waals surface area (Å²) in [5.74, 6) is 0. The molecule has 1 N–H and O–H groups in total. The Balaban J connectivity index is 1.71. The van der Waals surface area contributed by atoms with Gasteiger partial charge in [-0.2, -0.15) is 26.3 Å². The van der Waals surface area contributed by atoms with Crippen LogP contribution in [0.1, 0.15) is 46.7 Å². The number of hydrogen-bond acceptors (Lipinski definition) is 2. The summed E-state index contributed by atoms with van der Waals surface area (Å²) in [6.45, 7) is 0.935. The predicted molar refractivity (Wildman–Crippen MR) is 168 cm³/mol. The molecule has 0 atom stereocenters. The molecule has 5 rings (SSSR count). The molecule has 0 amide bonds. The highest BCUT2D eigenvalue weighted by Gasteiger charge is 2.73. The smallest absolute Gasteiger partial charge is 0.368 e. The van der Waals surface area contributed by atoms with Crippen LogP contribution in [0.2, 0.25) is 0 Å². The van der Waals surface area contributed by atoms with Crippen LogP contribution in [0.25, 0.3) is 0 Å². The lowest BCUT2D eigenvalue weighted by atomic mass is 9.76. The SMILES string of the molecule is CCCc1cc(C(OCc2ccccc2)(C(F)(F)F)C(F)(F)F)ccc1NC(c1ccccc1)(c1ccccc1)c1ccccc1. The Morgan fingerprint density at radius 3 is 1.39 bits per heavy atom. The van der Waals surface area contributed by atoms with Gasteiger partial charge in [-0.1, -0.05) is 147 Å². The molecular weight excluding hydrogens is 600 g/mol. The van der Waals surface area contributed by atoms with E-state index in [-0.39, 0.29) is 12.0 Å². The molecule has 0 unspecified atom stereocenters. The molecule has 0 aromatic heterocycles. The number of aryl methyl sites for hydroxylation is 1. The molecule has 0 spiro atoms. The maximum Gasteiger partial charge on any atom is 0.430 e. The third-order valence-corrected chi connectivity index (χ3v) is 8.07. The van der Waals surface area contributed by atoms with Crippen LogP contribution in [0.15, 0.2) is 140 Å². The normalized spacial score (nSPS) is 12.6. The van der Waals surface area contributed by atoms with Crippen LogP contribution in [-0.4, -0.2) is 12.4 Å². The highest BCUT2D eigenvalue weighted by molar-refractivity contribution is 5.64. The van der Waals surface area contributed by atoms with Crippen molar-refractivity contribution >= 4 is 5.69 Å². The Kier molecular flexibility index (Phi) is 9.58. The first kappa shape index (κ1) is 32.8. The molecule has 0 saturated carbocycles. The Morgan fingerprint density at radius 2 is 0.978 bits per heavy atom. The van der Waals surface area contributed by atoms with E-state index in [1.807, 2.05) is 97.9 Å². The number of anilines is 1. The Bertz CT molecular complexity index is 1580. The summed E-state index contributed by atoms with van der Waals surface area (Å²) in [5.41, 5.74) is -3.21. The molecule has 5 aromatic rings. The maximum absolute atomic E-state index is 14.8. The third-order valence-electron chi connectivity index (χ3n) is 8.07. The first-order valence-corrected chi connectivity index (χ1v) is 14.9. The lowest BCUT2D eigenvalue weighted by Gasteiger charge is -2.40. The van der Waals surface area contributed by atoms with Gasteiger partial charge in [0.15, 0.2) is 0 Å². The average molecular weight is 634 g/mol. The minimum atomic E-state index is -5.81. The van der Waals surface area contributed by atoms with E-state index < -0.39 is 35.7 Å². The second kappa shape index (κ2) is 13.4. The van der Waals surface area contributed by atoms with Gasteiger partial charge in [-0.15, -0.1) is 0 Å². The van der Waals surface area contributed by atoms with Crippen molar-refractivity contribution in [3.8, 4) is 0 Å². The standard InChI is InChI=1S/C38H33F6NO/c1-2-15-29-26-33(36(37(39,40)41,38(42,43)44)46-27-28-16-7-3-8-17-28)24-25-34(29)45-35(30-18-9-4-10-19-30,31-20-11-5-12-21-31)32-22-13-6-14-23-32/h3-14,16-26,45H,2,15,27H2,1H3. The Labute approximate surface area is 264 Å². The summed E-state index contributed by atoms with van der Waals surface area (Å²) >= 11 is 0. The first-order valence-electron chi connectivity index (χ1n) is 14.9. The van der Waals surface area contributed by atoms with Gasteiger partial charge in [0.2, 0.25) is 0 Å². The van der Waals surface area contributed by atoms with Crippen molar-refractivity contribution in [2.75, 3.05) is 5.32 Å². The van der Waals surface area contributed by atoms with E-state index in [9.17, 15) is 26.3 Å². The molecular formula is C38H33F6NO. The van der Waals surface area contributed by atoms with Gasteiger partial charge in [0.1, 0.15) is 5.54 Å². The van der Waals surface area contributed by atoms with Gasteiger partial charge in [-0.3, -0.25) is 0 Å². The van der Waals surface area contributed by atoms with Crippen molar-refractivity contribution in [1.29, 1.82) is 0 Å². The summed E-state index contributed by atoms with van der Waals surface area (Å²) in [5, 5.41) is 3.61. The molecule has 0 heterocycles. The van der Waals surface area contributed by atoms with Crippen LogP contribution in [-0.2, 0) is 28.9 Å². The average Bonchev–Trinajstić information content (AvgIpc) is 3.05. The van der Waals surface area contributed by atoms with Crippen molar-refractivity contribution in [2.45, 2.75) is 49.9 Å². The van der Waals surface area contributed by atoms with Crippen LogP contribution >= 0.6 is 0 Å². The molecule has 0 aliphatic rings. The molecule has 46 heavy (non-hydrogen) atoms. The van der Waals surface area contributed by atoms with Gasteiger partial charge in [0.05, 0.1) is 6.61 Å². The largest absolute Gasteiger partial charge is 0.430 e. The van der Waals surface area contributed by atoms with E-state index in [1.165, 1.54) is 30.3 Å². The maximum atomic E-state index is 14.8. The molecule has 238 valence electrons. The minimum absolute atomic E-state index is 0.186. The van der Waals surface area contributed by atoms with Gasteiger partial charge < -0.3 is 10.1 Å². The predicted octanol–water partition coefficient (Wildman–Crippen LogP) is 10.6. The summed E-state index contributed by atoms with van der Waals surface area (Å²) in [6, 6.07) is 39.3. The van der Waals surface area contributed by atoms with E-state index in [0.717, 1.165) is 28.8 Å². The molecule has 2 nitrogen and oxygen atoms in total. The first-order chi connectivity index (χ1) is 22.0. The molecule has 0 bridgehead atoms. The van der Waals surface area contributed by atoms with Crippen LogP contribution in [0, 0.1) is 0 Å².